The molecule has 2 aromatic carbocycles. The second-order valence-electron chi connectivity index (χ2n) is 7.68. The van der Waals surface area contributed by atoms with Gasteiger partial charge in [0.05, 0.1) is 33.3 Å². The number of rotatable bonds is 4. The maximum absolute atomic E-state index is 13.5. The van der Waals surface area contributed by atoms with Crippen molar-refractivity contribution in [2.75, 3.05) is 4.90 Å². The van der Waals surface area contributed by atoms with Crippen molar-refractivity contribution < 1.29 is 14.4 Å². The van der Waals surface area contributed by atoms with Crippen molar-refractivity contribution in [1.82, 2.24) is 10.3 Å². The Bertz CT molecular complexity index is 1430. The molecule has 34 heavy (non-hydrogen) atoms. The van der Waals surface area contributed by atoms with Gasteiger partial charge in [-0.2, -0.15) is 4.99 Å². The van der Waals surface area contributed by atoms with Gasteiger partial charge >= 0.3 is 0 Å². The number of benzene rings is 2. The van der Waals surface area contributed by atoms with Gasteiger partial charge in [0.1, 0.15) is 0 Å². The minimum atomic E-state index is -0.417. The maximum atomic E-state index is 13.5. The standard InChI is InChI=1S/C24H17ClN4O3S2/c1-12-19(13(2)30)33-23(26-12)28-24-27-21(31)20(34-24)18-16-10-15(25)8-9-17(16)29(22(18)32)11-14-6-4-3-5-7-14/h3-10H,11H2,1-2H3,(H,26,27,28,31)/b20-18-. The fourth-order valence-electron chi connectivity index (χ4n) is 3.83. The number of halogens is 1. The Kier molecular flexibility index (Phi) is 5.85. The number of Topliss-reactive ketones (excluding diaryl/α,β-unsaturated/α-hetero) is 1. The number of aromatic nitrogens is 1. The lowest BCUT2D eigenvalue weighted by Crippen LogP contribution is -2.26. The molecule has 0 atom stereocenters. The van der Waals surface area contributed by atoms with Crippen LogP contribution in [0.4, 0.5) is 10.8 Å². The van der Waals surface area contributed by atoms with Gasteiger partial charge in [0.15, 0.2) is 11.0 Å². The first-order chi connectivity index (χ1) is 16.3. The number of thioether (sulfide) groups is 1. The van der Waals surface area contributed by atoms with Crippen LogP contribution in [0.3, 0.4) is 0 Å². The SMILES string of the molecule is CC(=O)c1sc(N=C2NC(=O)/C(=C3/C(=O)N(Cc4ccccc4)c4ccc(Cl)cc43)S2)nc1C. The summed E-state index contributed by atoms with van der Waals surface area (Å²) in [6, 6.07) is 14.9. The molecule has 10 heteroatoms. The van der Waals surface area contributed by atoms with E-state index in [0.29, 0.717) is 49.3 Å². The van der Waals surface area contributed by atoms with Crippen molar-refractivity contribution in [3.8, 4) is 0 Å². The zero-order chi connectivity index (χ0) is 24.0. The number of amidine groups is 1. The number of carbonyl (C=O) groups is 3. The molecule has 5 rings (SSSR count). The molecule has 2 aliphatic rings. The zero-order valence-corrected chi connectivity index (χ0v) is 20.5. The van der Waals surface area contributed by atoms with Crippen LogP contribution in [0.15, 0.2) is 58.4 Å². The molecule has 0 saturated carbocycles. The van der Waals surface area contributed by atoms with E-state index in [0.717, 1.165) is 28.7 Å². The predicted molar refractivity (Wildman–Crippen MR) is 136 cm³/mol. The van der Waals surface area contributed by atoms with Crippen LogP contribution in [0.25, 0.3) is 5.57 Å². The number of hydrogen-bond donors (Lipinski definition) is 1. The van der Waals surface area contributed by atoms with E-state index >= 15 is 0 Å². The van der Waals surface area contributed by atoms with Gasteiger partial charge in [-0.25, -0.2) is 4.98 Å². The molecule has 2 aliphatic heterocycles. The fraction of sp³-hybridized carbons (Fsp3) is 0.125. The molecule has 0 radical (unpaired) electrons. The second-order valence-corrected chi connectivity index (χ2v) is 10.1. The van der Waals surface area contributed by atoms with Gasteiger partial charge < -0.3 is 10.2 Å². The van der Waals surface area contributed by atoms with E-state index in [1.807, 2.05) is 30.3 Å². The van der Waals surface area contributed by atoms with E-state index in [1.165, 1.54) is 6.92 Å². The van der Waals surface area contributed by atoms with E-state index in [4.69, 9.17) is 11.6 Å². The van der Waals surface area contributed by atoms with Gasteiger partial charge in [-0.1, -0.05) is 53.3 Å². The van der Waals surface area contributed by atoms with Gasteiger partial charge in [0.2, 0.25) is 5.13 Å². The van der Waals surface area contributed by atoms with Gasteiger partial charge in [0, 0.05) is 17.5 Å². The lowest BCUT2D eigenvalue weighted by molar-refractivity contribution is -0.116. The maximum Gasteiger partial charge on any atom is 0.264 e. The molecular weight excluding hydrogens is 492 g/mol. The van der Waals surface area contributed by atoms with Crippen LogP contribution in [-0.4, -0.2) is 27.7 Å². The Labute approximate surface area is 208 Å². The summed E-state index contributed by atoms with van der Waals surface area (Å²) < 4.78 is 0. The Morgan fingerprint density at radius 2 is 1.94 bits per heavy atom. The summed E-state index contributed by atoms with van der Waals surface area (Å²) in [5.74, 6) is -0.778. The van der Waals surface area contributed by atoms with Crippen LogP contribution in [0.5, 0.6) is 0 Å². The molecule has 1 fully saturated rings. The number of ketones is 1. The Hall–Kier alpha value is -3.27. The highest BCUT2D eigenvalue weighted by Gasteiger charge is 2.39. The number of amides is 2. The number of nitrogens with zero attached hydrogens (tertiary/aromatic N) is 3. The third-order valence-electron chi connectivity index (χ3n) is 5.32. The summed E-state index contributed by atoms with van der Waals surface area (Å²) in [5, 5.41) is 3.85. The van der Waals surface area contributed by atoms with E-state index in [2.05, 4.69) is 15.3 Å². The molecule has 0 unspecified atom stereocenters. The zero-order valence-electron chi connectivity index (χ0n) is 18.1. The number of thiazole rings is 1. The van der Waals surface area contributed by atoms with Gasteiger partial charge in [-0.15, -0.1) is 0 Å². The molecule has 1 aromatic heterocycles. The van der Waals surface area contributed by atoms with E-state index < -0.39 is 5.91 Å². The van der Waals surface area contributed by atoms with E-state index in [9.17, 15) is 14.4 Å². The Balaban J connectivity index is 1.53. The summed E-state index contributed by atoms with van der Waals surface area (Å²) in [7, 11) is 0. The highest BCUT2D eigenvalue weighted by atomic mass is 35.5. The number of anilines is 1. The lowest BCUT2D eigenvalue weighted by Gasteiger charge is -2.17. The molecule has 2 amide bonds. The van der Waals surface area contributed by atoms with Crippen molar-refractivity contribution in [2.24, 2.45) is 4.99 Å². The van der Waals surface area contributed by atoms with Crippen molar-refractivity contribution in [2.45, 2.75) is 20.4 Å². The average molecular weight is 509 g/mol. The van der Waals surface area contributed by atoms with Gasteiger partial charge in [-0.3, -0.25) is 14.4 Å². The highest BCUT2D eigenvalue weighted by Crippen LogP contribution is 2.44. The monoisotopic (exact) mass is 508 g/mol. The van der Waals surface area contributed by atoms with E-state index in [1.54, 1.807) is 30.0 Å². The number of hydrogen-bond acceptors (Lipinski definition) is 7. The van der Waals surface area contributed by atoms with Gasteiger partial charge in [-0.05, 0) is 42.4 Å². The predicted octanol–water partition coefficient (Wildman–Crippen LogP) is 5.12. The molecule has 3 aromatic rings. The third kappa shape index (κ3) is 4.06. The minimum absolute atomic E-state index is 0.0871. The highest BCUT2D eigenvalue weighted by molar-refractivity contribution is 8.18. The summed E-state index contributed by atoms with van der Waals surface area (Å²) in [4.78, 5) is 49.3. The third-order valence-corrected chi connectivity index (χ3v) is 7.68. The first-order valence-electron chi connectivity index (χ1n) is 10.3. The quantitative estimate of drug-likeness (QED) is 0.390. The summed E-state index contributed by atoms with van der Waals surface area (Å²) in [6.45, 7) is 3.58. The summed E-state index contributed by atoms with van der Waals surface area (Å²) in [6.07, 6.45) is 0. The first kappa shape index (κ1) is 22.5. The molecule has 0 aliphatic carbocycles. The summed E-state index contributed by atoms with van der Waals surface area (Å²) >= 11 is 8.48. The molecule has 1 N–H and O–H groups in total. The normalized spacial score (nSPS) is 18.6. The largest absolute Gasteiger partial charge is 0.303 e. The number of carbonyl (C=O) groups excluding carboxylic acids is 3. The van der Waals surface area contributed by atoms with Crippen LogP contribution in [-0.2, 0) is 16.1 Å². The van der Waals surface area contributed by atoms with Crippen molar-refractivity contribution >= 4 is 73.9 Å². The average Bonchev–Trinajstić information content (AvgIpc) is 3.42. The van der Waals surface area contributed by atoms with E-state index in [-0.39, 0.29) is 16.6 Å². The van der Waals surface area contributed by atoms with Gasteiger partial charge in [0.25, 0.3) is 11.8 Å². The Morgan fingerprint density at radius 1 is 1.18 bits per heavy atom. The topological polar surface area (TPSA) is 91.7 Å². The number of aryl methyl sites for hydroxylation is 1. The summed E-state index contributed by atoms with van der Waals surface area (Å²) in [5.41, 5.74) is 3.16. The smallest absolute Gasteiger partial charge is 0.264 e. The molecule has 170 valence electrons. The Morgan fingerprint density at radius 3 is 2.65 bits per heavy atom. The van der Waals surface area contributed by atoms with Crippen LogP contribution < -0.4 is 10.2 Å². The second kappa shape index (κ2) is 8.83. The molecule has 0 bridgehead atoms. The lowest BCUT2D eigenvalue weighted by atomic mass is 10.1. The number of nitrogens with one attached hydrogen (secondary N) is 1. The molecule has 3 heterocycles. The molecule has 1 saturated heterocycles. The molecule has 0 spiro atoms. The number of fused-ring (bicyclic) bond motifs is 1. The van der Waals surface area contributed by atoms with Crippen LogP contribution in [0, 0.1) is 6.92 Å². The van der Waals surface area contributed by atoms with Crippen molar-refractivity contribution in [1.29, 1.82) is 0 Å². The van der Waals surface area contributed by atoms with Crippen LogP contribution in [0.2, 0.25) is 5.02 Å². The first-order valence-corrected chi connectivity index (χ1v) is 12.3. The number of aliphatic imine (C=N–C) groups is 1. The molecular formula is C24H17ClN4O3S2. The van der Waals surface area contributed by atoms with Crippen LogP contribution >= 0.6 is 34.7 Å². The van der Waals surface area contributed by atoms with Crippen LogP contribution in [0.1, 0.15) is 33.4 Å². The minimum Gasteiger partial charge on any atom is -0.303 e. The van der Waals surface area contributed by atoms with Crippen molar-refractivity contribution in [3.05, 3.63) is 80.2 Å². The van der Waals surface area contributed by atoms with Crippen molar-refractivity contribution in [3.63, 3.8) is 0 Å². The fourth-order valence-corrected chi connectivity index (χ4v) is 5.81. The molecule has 7 nitrogen and oxygen atoms in total.